The van der Waals surface area contributed by atoms with Gasteiger partial charge in [0.2, 0.25) is 0 Å². The summed E-state index contributed by atoms with van der Waals surface area (Å²) >= 11 is 8.70. The summed E-state index contributed by atoms with van der Waals surface area (Å²) in [5, 5.41) is 0.630. The molecule has 3 aromatic carbocycles. The highest BCUT2D eigenvalue weighted by Gasteiger charge is 2.34. The van der Waals surface area contributed by atoms with Crippen LogP contribution in [0.3, 0.4) is 0 Å². The molecule has 0 spiro atoms. The molecular weight excluding hydrogens is 612 g/mol. The van der Waals surface area contributed by atoms with Gasteiger partial charge in [-0.05, 0) is 98.1 Å². The van der Waals surface area contributed by atoms with E-state index in [1.807, 2.05) is 78.9 Å². The number of rotatable bonds is 11. The monoisotopic (exact) mass is 640 g/mol. The number of amides is 1. The van der Waals surface area contributed by atoms with E-state index in [0.717, 1.165) is 38.1 Å². The van der Waals surface area contributed by atoms with Crippen LogP contribution >= 0.6 is 43.6 Å². The maximum absolute atomic E-state index is 13.5. The maximum atomic E-state index is 13.5. The van der Waals surface area contributed by atoms with Gasteiger partial charge in [0.25, 0.3) is 5.91 Å². The summed E-state index contributed by atoms with van der Waals surface area (Å²) in [4.78, 5) is 20.6. The Kier molecular flexibility index (Phi) is 10.5. The minimum Gasteiger partial charge on any atom is -0.491 e. The first-order chi connectivity index (χ1) is 18.1. The highest BCUT2D eigenvalue weighted by Crippen LogP contribution is 2.40. The van der Waals surface area contributed by atoms with Crippen LogP contribution in [-0.2, 0) is 4.79 Å². The summed E-state index contributed by atoms with van der Waals surface area (Å²) in [6.07, 6.45) is 9.25. The smallest absolute Gasteiger partial charge is 0.271 e. The zero-order valence-electron chi connectivity index (χ0n) is 20.8. The third-order valence-corrected chi connectivity index (χ3v) is 8.01. The maximum Gasteiger partial charge on any atom is 0.271 e. The molecule has 0 unspecified atom stereocenters. The van der Waals surface area contributed by atoms with E-state index in [1.54, 1.807) is 4.90 Å². The van der Waals surface area contributed by atoms with Gasteiger partial charge in [-0.2, -0.15) is 0 Å². The number of thioether (sulfide) groups is 1. The summed E-state index contributed by atoms with van der Waals surface area (Å²) in [5.41, 5.74) is 2.49. The number of hydrogen-bond donors (Lipinski definition) is 0. The van der Waals surface area contributed by atoms with Gasteiger partial charge in [0, 0.05) is 0 Å². The van der Waals surface area contributed by atoms with E-state index in [4.69, 9.17) is 9.73 Å². The lowest BCUT2D eigenvalue weighted by Crippen LogP contribution is -2.28. The van der Waals surface area contributed by atoms with E-state index in [1.165, 1.54) is 43.9 Å². The van der Waals surface area contributed by atoms with Crippen molar-refractivity contribution in [1.82, 2.24) is 0 Å². The Morgan fingerprint density at radius 2 is 1.51 bits per heavy atom. The Morgan fingerprint density at radius 3 is 2.19 bits per heavy atom. The van der Waals surface area contributed by atoms with Crippen LogP contribution in [0.1, 0.15) is 51.0 Å². The zero-order chi connectivity index (χ0) is 26.0. The number of amidine groups is 1. The molecule has 3 aromatic rings. The van der Waals surface area contributed by atoms with Gasteiger partial charge >= 0.3 is 0 Å². The lowest BCUT2D eigenvalue weighted by Gasteiger charge is -2.15. The Labute approximate surface area is 240 Å². The second-order valence-corrected chi connectivity index (χ2v) is 11.5. The molecule has 1 aliphatic heterocycles. The molecule has 0 saturated carbocycles. The SMILES string of the molecule is CCCCCCCCOc1c(Br)cc(/C=C2/SC(=Nc3ccccc3)N(c3ccccc3)C2=O)cc1Br. The van der Waals surface area contributed by atoms with Crippen LogP contribution in [0, 0.1) is 0 Å². The molecule has 4 rings (SSSR count). The largest absolute Gasteiger partial charge is 0.491 e. The number of nitrogens with zero attached hydrogens (tertiary/aromatic N) is 2. The number of anilines is 1. The van der Waals surface area contributed by atoms with Crippen LogP contribution in [0.2, 0.25) is 0 Å². The quantitative estimate of drug-likeness (QED) is 0.155. The Bertz CT molecular complexity index is 1240. The molecule has 4 nitrogen and oxygen atoms in total. The van der Waals surface area contributed by atoms with Crippen LogP contribution in [0.15, 0.2) is 91.6 Å². The van der Waals surface area contributed by atoms with Crippen LogP contribution in [0.4, 0.5) is 11.4 Å². The van der Waals surface area contributed by atoms with Crippen LogP contribution in [0.25, 0.3) is 6.08 Å². The average Bonchev–Trinajstić information content (AvgIpc) is 3.20. The molecule has 1 aliphatic rings. The third kappa shape index (κ3) is 7.59. The Morgan fingerprint density at radius 1 is 0.892 bits per heavy atom. The molecule has 0 aliphatic carbocycles. The summed E-state index contributed by atoms with van der Waals surface area (Å²) in [7, 11) is 0. The number of hydrogen-bond acceptors (Lipinski definition) is 4. The van der Waals surface area contributed by atoms with Crippen molar-refractivity contribution in [3.05, 3.63) is 92.2 Å². The molecule has 37 heavy (non-hydrogen) atoms. The summed E-state index contributed by atoms with van der Waals surface area (Å²) < 4.78 is 7.77. The van der Waals surface area contributed by atoms with E-state index < -0.39 is 0 Å². The van der Waals surface area contributed by atoms with E-state index in [9.17, 15) is 4.79 Å². The predicted molar refractivity (Wildman–Crippen MR) is 164 cm³/mol. The summed E-state index contributed by atoms with van der Waals surface area (Å²) in [6, 6.07) is 23.3. The number of carbonyl (C=O) groups is 1. The number of unbranched alkanes of at least 4 members (excludes halogenated alkanes) is 5. The van der Waals surface area contributed by atoms with E-state index >= 15 is 0 Å². The highest BCUT2D eigenvalue weighted by molar-refractivity contribution is 9.11. The number of halogens is 2. The third-order valence-electron chi connectivity index (χ3n) is 5.86. The van der Waals surface area contributed by atoms with Crippen molar-refractivity contribution in [3.63, 3.8) is 0 Å². The second-order valence-electron chi connectivity index (χ2n) is 8.75. The van der Waals surface area contributed by atoms with Gasteiger partial charge in [0.15, 0.2) is 5.17 Å². The van der Waals surface area contributed by atoms with Crippen molar-refractivity contribution in [2.45, 2.75) is 45.4 Å². The molecule has 7 heteroatoms. The Hall–Kier alpha value is -2.35. The fourth-order valence-corrected chi connectivity index (χ4v) is 6.43. The van der Waals surface area contributed by atoms with E-state index in [2.05, 4.69) is 38.8 Å². The minimum atomic E-state index is -0.0958. The molecule has 0 bridgehead atoms. The first-order valence-electron chi connectivity index (χ1n) is 12.6. The first-order valence-corrected chi connectivity index (χ1v) is 15.0. The van der Waals surface area contributed by atoms with Crippen LogP contribution in [0.5, 0.6) is 5.75 Å². The number of benzene rings is 3. The fourth-order valence-electron chi connectivity index (χ4n) is 3.98. The van der Waals surface area contributed by atoms with Gasteiger partial charge in [-0.3, -0.25) is 9.69 Å². The molecule has 0 radical (unpaired) electrons. The van der Waals surface area contributed by atoms with Gasteiger partial charge in [-0.15, -0.1) is 0 Å². The van der Waals surface area contributed by atoms with Crippen molar-refractivity contribution >= 4 is 72.1 Å². The number of ether oxygens (including phenoxy) is 1. The normalized spacial score (nSPS) is 15.6. The van der Waals surface area contributed by atoms with Crippen LogP contribution in [-0.4, -0.2) is 17.7 Å². The molecule has 0 aromatic heterocycles. The topological polar surface area (TPSA) is 41.9 Å². The van der Waals surface area contributed by atoms with E-state index in [0.29, 0.717) is 16.7 Å². The van der Waals surface area contributed by atoms with Gasteiger partial charge in [-0.1, -0.05) is 75.4 Å². The summed E-state index contributed by atoms with van der Waals surface area (Å²) in [5.74, 6) is 0.694. The molecule has 1 fully saturated rings. The van der Waals surface area contributed by atoms with Crippen molar-refractivity contribution in [3.8, 4) is 5.75 Å². The fraction of sp³-hybridized carbons (Fsp3) is 0.267. The lowest BCUT2D eigenvalue weighted by molar-refractivity contribution is -0.113. The number of aliphatic imine (C=N–C) groups is 1. The van der Waals surface area contributed by atoms with Gasteiger partial charge in [-0.25, -0.2) is 4.99 Å². The average molecular weight is 642 g/mol. The molecule has 1 heterocycles. The molecule has 0 atom stereocenters. The van der Waals surface area contributed by atoms with Crippen molar-refractivity contribution < 1.29 is 9.53 Å². The summed E-state index contributed by atoms with van der Waals surface area (Å²) in [6.45, 7) is 2.92. The van der Waals surface area contributed by atoms with Gasteiger partial charge in [0.1, 0.15) is 5.75 Å². The van der Waals surface area contributed by atoms with Crippen LogP contribution < -0.4 is 9.64 Å². The Balaban J connectivity index is 1.52. The molecular formula is C30H30Br2N2O2S. The molecule has 0 N–H and O–H groups in total. The lowest BCUT2D eigenvalue weighted by atomic mass is 10.1. The van der Waals surface area contributed by atoms with Crippen molar-refractivity contribution in [2.24, 2.45) is 4.99 Å². The van der Waals surface area contributed by atoms with Crippen molar-refractivity contribution in [2.75, 3.05) is 11.5 Å². The van der Waals surface area contributed by atoms with E-state index in [-0.39, 0.29) is 5.91 Å². The number of para-hydroxylation sites is 2. The minimum absolute atomic E-state index is 0.0958. The second kappa shape index (κ2) is 14.0. The zero-order valence-corrected chi connectivity index (χ0v) is 24.8. The standard InChI is InChI=1S/C30H30Br2N2O2S/c1-2-3-4-5-6-13-18-36-28-25(31)19-22(20-26(28)32)21-27-29(35)34(24-16-11-8-12-17-24)30(37-27)33-23-14-9-7-10-15-23/h7-12,14-17,19-21H,2-6,13,18H2,1H3/b27-21+,33-30?. The molecule has 192 valence electrons. The van der Waals surface area contributed by atoms with Gasteiger partial charge in [0.05, 0.1) is 31.8 Å². The highest BCUT2D eigenvalue weighted by atomic mass is 79.9. The van der Waals surface area contributed by atoms with Crippen molar-refractivity contribution in [1.29, 1.82) is 0 Å². The molecule has 1 saturated heterocycles. The van der Waals surface area contributed by atoms with Gasteiger partial charge < -0.3 is 4.74 Å². The molecule has 1 amide bonds. The first kappa shape index (κ1) is 27.7. The number of carbonyl (C=O) groups excluding carboxylic acids is 1. The predicted octanol–water partition coefficient (Wildman–Crippen LogP) is 9.76.